The zero-order valence-corrected chi connectivity index (χ0v) is 13.1. The second-order valence-electron chi connectivity index (χ2n) is 1.08. The number of hydrogen-bond donors (Lipinski definition) is 0. The van der Waals surface area contributed by atoms with Crippen molar-refractivity contribution >= 4 is 0 Å². The Balaban J connectivity index is -0.0000000240. The second kappa shape index (κ2) is 22.4. The minimum absolute atomic E-state index is 0. The first-order valence-electron chi connectivity index (χ1n) is 1.91. The monoisotopic (exact) mass is 490 g/mol. The van der Waals surface area contributed by atoms with Crippen LogP contribution in [0.2, 0.25) is 0 Å². The van der Waals surface area contributed by atoms with Gasteiger partial charge in [-0.2, -0.15) is 36.4 Å². The van der Waals surface area contributed by atoms with Crippen LogP contribution < -0.4 is 0 Å². The van der Waals surface area contributed by atoms with Crippen LogP contribution in [0.15, 0.2) is 30.3 Å². The molecule has 0 nitrogen and oxygen atoms in total. The van der Waals surface area contributed by atoms with Gasteiger partial charge < -0.3 is 22.3 Å². The minimum Gasteiger partial charge on any atom is -0.358 e. The van der Waals surface area contributed by atoms with Gasteiger partial charge >= 0.3 is 0 Å². The van der Waals surface area contributed by atoms with E-state index in [0.717, 1.165) is 0 Å². The van der Waals surface area contributed by atoms with Crippen molar-refractivity contribution in [1.82, 2.24) is 0 Å². The van der Waals surface area contributed by atoms with Crippen molar-refractivity contribution < 1.29 is 42.1 Å². The fraction of sp³-hybridized carbons (Fsp3) is 0. The molecule has 0 atom stereocenters. The van der Waals surface area contributed by atoms with E-state index < -0.39 is 0 Å². The van der Waals surface area contributed by atoms with E-state index in [-0.39, 0.29) is 64.4 Å². The molecule has 0 heterocycles. The summed E-state index contributed by atoms with van der Waals surface area (Å²) >= 11 is 0. The summed E-state index contributed by atoms with van der Waals surface area (Å²) in [6.45, 7) is 0. The predicted molar refractivity (Wildman–Crippen MR) is 44.5 cm³/mol. The quantitative estimate of drug-likeness (QED) is 0.492. The first-order valence-corrected chi connectivity index (χ1v) is 1.91. The molecule has 0 aliphatic rings. The molecule has 0 spiro atoms. The van der Waals surface area contributed by atoms with Crippen molar-refractivity contribution in [2.75, 3.05) is 0 Å². The van der Waals surface area contributed by atoms with E-state index in [1.807, 2.05) is 30.3 Å². The van der Waals surface area contributed by atoms with Gasteiger partial charge in [-0.25, -0.2) is 0 Å². The molecule has 0 bridgehead atoms. The van der Waals surface area contributed by atoms with Crippen LogP contribution >= 0.6 is 0 Å². The van der Waals surface area contributed by atoms with E-state index in [4.69, 9.17) is 0 Å². The van der Waals surface area contributed by atoms with Gasteiger partial charge in [0.2, 0.25) is 0 Å². The summed E-state index contributed by atoms with van der Waals surface area (Å²) in [5.41, 5.74) is 0. The topological polar surface area (TPSA) is 0 Å². The summed E-state index contributed by atoms with van der Waals surface area (Å²) in [7, 11) is 0. The molecule has 0 unspecified atom stereocenters. The maximum absolute atomic E-state index is 2.89. The maximum atomic E-state index is 2.89. The van der Waals surface area contributed by atoms with Crippen LogP contribution in [0.3, 0.4) is 0 Å². The predicted octanol–water partition coefficient (Wildman–Crippen LogP) is 2.83. The Morgan fingerprint density at radius 3 is 1.09 bits per heavy atom. The van der Waals surface area contributed by atoms with Crippen molar-refractivity contribution in [2.45, 2.75) is 0 Å². The van der Waals surface area contributed by atoms with Gasteiger partial charge in [-0.3, -0.25) is 0 Å². The Bertz CT molecular complexity index is 79.5. The summed E-state index contributed by atoms with van der Waals surface area (Å²) < 4.78 is 0. The molecule has 0 fully saturated rings. The molecule has 0 saturated carbocycles. The Labute approximate surface area is 100 Å². The molecule has 0 saturated heterocycles. The fourth-order valence-corrected chi connectivity index (χ4v) is 0.342. The van der Waals surface area contributed by atoms with Crippen LogP contribution in [0.25, 0.3) is 0 Å². The summed E-state index contributed by atoms with van der Waals surface area (Å²) in [6.07, 6.45) is 0. The Morgan fingerprint density at radius 1 is 0.636 bits per heavy atom. The third kappa shape index (κ3) is 18.0. The molecule has 1 aromatic carbocycles. The smallest absolute Gasteiger partial charge is 0 e. The molecule has 11 heavy (non-hydrogen) atoms. The van der Waals surface area contributed by atoms with Gasteiger partial charge in [-0.1, -0.05) is 0 Å². The van der Waals surface area contributed by atoms with E-state index in [9.17, 15) is 0 Å². The zero-order chi connectivity index (χ0) is 4.24. The Kier molecular flexibility index (Phi) is 61.0. The van der Waals surface area contributed by atoms with Crippen molar-refractivity contribution in [2.24, 2.45) is 0 Å². The molecule has 0 aromatic heterocycles. The summed E-state index contributed by atoms with van der Waals surface area (Å²) in [5.74, 6) is 0. The van der Waals surface area contributed by atoms with Crippen LogP contribution in [0.5, 0.6) is 0 Å². The molecule has 0 amide bonds. The molecule has 0 aliphatic heterocycles. The van der Waals surface area contributed by atoms with Crippen molar-refractivity contribution in [3.8, 4) is 0 Å². The number of benzene rings is 1. The van der Waals surface area contributed by atoms with Gasteiger partial charge in [-0.15, -0.1) is 0 Å². The molecular weight excluding hydrogens is 476 g/mol. The van der Waals surface area contributed by atoms with Crippen LogP contribution in [-0.4, -0.2) is 0 Å². The Hall–Kier alpha value is 0.597. The van der Waals surface area contributed by atoms with Crippen LogP contribution in [0, 0.1) is 28.3 Å². The van der Waals surface area contributed by atoms with E-state index >= 15 is 0 Å². The van der Waals surface area contributed by atoms with E-state index in [2.05, 4.69) is 6.07 Å². The normalized spacial score (nSPS) is 4.36. The van der Waals surface area contributed by atoms with Crippen molar-refractivity contribution in [3.63, 3.8) is 0 Å². The third-order valence-electron chi connectivity index (χ3n) is 0.607. The summed E-state index contributed by atoms with van der Waals surface area (Å²) in [6, 6.07) is 12.5. The molecule has 2 heteroatoms. The van der Waals surface area contributed by atoms with Crippen molar-refractivity contribution in [1.29, 1.82) is 0 Å². The van der Waals surface area contributed by atoms with Gasteiger partial charge in [0.1, 0.15) is 0 Å². The molecular formula is C9H14W2-4. The first kappa shape index (κ1) is 29.9. The average Bonchev–Trinajstić information content (AvgIpc) is 1.72. The SMILES string of the molecule is [CH3-].[CH3-].[CH3-].[W].[W].[c-]1ccccc1. The largest absolute Gasteiger partial charge is 0.358 e. The molecule has 1 aromatic rings. The first-order chi connectivity index (χ1) is 3.00. The molecule has 0 N–H and O–H groups in total. The molecule has 1 rings (SSSR count). The van der Waals surface area contributed by atoms with E-state index in [0.29, 0.717) is 0 Å². The van der Waals surface area contributed by atoms with Gasteiger partial charge in [0, 0.05) is 42.1 Å². The number of hydrogen-bond acceptors (Lipinski definition) is 0. The zero-order valence-electron chi connectivity index (χ0n) is 7.20. The number of rotatable bonds is 0. The minimum atomic E-state index is 0. The van der Waals surface area contributed by atoms with E-state index in [1.54, 1.807) is 0 Å². The molecule has 0 radical (unpaired) electrons. The van der Waals surface area contributed by atoms with Crippen LogP contribution in [0.4, 0.5) is 0 Å². The Morgan fingerprint density at radius 2 is 1.00 bits per heavy atom. The van der Waals surface area contributed by atoms with Crippen LogP contribution in [-0.2, 0) is 42.1 Å². The standard InChI is InChI=1S/C6H5.3CH3.2W/c1-2-4-6-5-3-1;;;;;/h1-5H;3*1H3;;/q4*-1;;. The van der Waals surface area contributed by atoms with Gasteiger partial charge in [0.25, 0.3) is 0 Å². The van der Waals surface area contributed by atoms with E-state index in [1.165, 1.54) is 0 Å². The maximum Gasteiger partial charge on any atom is 0 e. The van der Waals surface area contributed by atoms with Crippen molar-refractivity contribution in [3.05, 3.63) is 58.7 Å². The summed E-state index contributed by atoms with van der Waals surface area (Å²) in [5, 5.41) is 0. The van der Waals surface area contributed by atoms with Gasteiger partial charge in [-0.05, 0) is 0 Å². The summed E-state index contributed by atoms with van der Waals surface area (Å²) in [4.78, 5) is 0. The fourth-order valence-electron chi connectivity index (χ4n) is 0.342. The molecule has 0 aliphatic carbocycles. The third-order valence-corrected chi connectivity index (χ3v) is 0.607. The van der Waals surface area contributed by atoms with Crippen LogP contribution in [0.1, 0.15) is 0 Å². The second-order valence-corrected chi connectivity index (χ2v) is 1.08. The van der Waals surface area contributed by atoms with Gasteiger partial charge in [0.05, 0.1) is 0 Å². The van der Waals surface area contributed by atoms with Gasteiger partial charge in [0.15, 0.2) is 0 Å². The average molecular weight is 490 g/mol. The molecule has 66 valence electrons.